The van der Waals surface area contributed by atoms with Crippen LogP contribution in [0.5, 0.6) is 0 Å². The highest BCUT2D eigenvalue weighted by Crippen LogP contribution is 2.49. The van der Waals surface area contributed by atoms with Crippen molar-refractivity contribution in [2.24, 2.45) is 5.92 Å². The molecule has 23 heavy (non-hydrogen) atoms. The first kappa shape index (κ1) is 14.0. The molecule has 0 unspecified atom stereocenters. The Bertz CT molecular complexity index is 815. The summed E-state index contributed by atoms with van der Waals surface area (Å²) in [5, 5.41) is 12.7. The minimum Gasteiger partial charge on any atom is -0.478 e. The first-order valence-electron chi connectivity index (χ1n) is 7.69. The van der Waals surface area contributed by atoms with Crippen molar-refractivity contribution in [3.63, 3.8) is 0 Å². The van der Waals surface area contributed by atoms with Crippen molar-refractivity contribution >= 4 is 11.7 Å². The van der Waals surface area contributed by atoms with E-state index in [0.717, 1.165) is 23.2 Å². The summed E-state index contributed by atoms with van der Waals surface area (Å²) in [7, 11) is 0. The maximum Gasteiger partial charge on any atom is 0.335 e. The van der Waals surface area contributed by atoms with E-state index in [1.54, 1.807) is 24.3 Å². The zero-order valence-electron chi connectivity index (χ0n) is 12.4. The molecule has 0 saturated carbocycles. The topological polar surface area (TPSA) is 49.3 Å². The average Bonchev–Trinajstić information content (AvgIpc) is 3.03. The minimum absolute atomic E-state index is 0.0221. The first-order valence-corrected chi connectivity index (χ1v) is 7.69. The van der Waals surface area contributed by atoms with Gasteiger partial charge in [0.1, 0.15) is 5.82 Å². The number of fused-ring (bicyclic) bond motifs is 3. The van der Waals surface area contributed by atoms with Crippen LogP contribution in [0.2, 0.25) is 0 Å². The standard InChI is InChI=1S/C19H16FNO2/c20-13-4-1-3-11(9-13)18-15-6-2-5-14(15)16-10-12(19(22)23)7-8-17(16)21-18/h1-5,7-10,14-15,18,21H,6H2,(H,22,23)/t14-,15-,18-/m0/s1. The van der Waals surface area contributed by atoms with Gasteiger partial charge in [-0.15, -0.1) is 0 Å². The summed E-state index contributed by atoms with van der Waals surface area (Å²) >= 11 is 0. The van der Waals surface area contributed by atoms with Crippen LogP contribution in [0.15, 0.2) is 54.6 Å². The number of carboxylic acid groups (broad SMARTS) is 1. The molecule has 0 fully saturated rings. The summed E-state index contributed by atoms with van der Waals surface area (Å²) in [6.07, 6.45) is 5.17. The highest BCUT2D eigenvalue weighted by atomic mass is 19.1. The van der Waals surface area contributed by atoms with Crippen LogP contribution in [0.1, 0.15) is 39.9 Å². The van der Waals surface area contributed by atoms with Gasteiger partial charge in [0.25, 0.3) is 0 Å². The van der Waals surface area contributed by atoms with E-state index in [0.29, 0.717) is 5.56 Å². The summed E-state index contributed by atoms with van der Waals surface area (Å²) < 4.78 is 13.6. The molecule has 0 aromatic heterocycles. The Labute approximate surface area is 133 Å². The molecule has 2 aliphatic rings. The van der Waals surface area contributed by atoms with Gasteiger partial charge in [-0.05, 0) is 53.8 Å². The molecule has 0 spiro atoms. The summed E-state index contributed by atoms with van der Waals surface area (Å²) in [4.78, 5) is 11.2. The van der Waals surface area contributed by atoms with Crippen LogP contribution in [-0.2, 0) is 0 Å². The van der Waals surface area contributed by atoms with E-state index in [9.17, 15) is 14.3 Å². The van der Waals surface area contributed by atoms with Gasteiger partial charge in [-0.3, -0.25) is 0 Å². The van der Waals surface area contributed by atoms with E-state index in [2.05, 4.69) is 17.5 Å². The van der Waals surface area contributed by atoms with Gasteiger partial charge in [0.2, 0.25) is 0 Å². The van der Waals surface area contributed by atoms with Crippen molar-refractivity contribution in [1.82, 2.24) is 0 Å². The van der Waals surface area contributed by atoms with Crippen molar-refractivity contribution in [3.8, 4) is 0 Å². The second kappa shape index (κ2) is 5.23. The van der Waals surface area contributed by atoms with Crippen molar-refractivity contribution in [2.45, 2.75) is 18.4 Å². The largest absolute Gasteiger partial charge is 0.478 e. The molecule has 1 heterocycles. The first-order chi connectivity index (χ1) is 11.1. The molecule has 0 bridgehead atoms. The van der Waals surface area contributed by atoms with Crippen molar-refractivity contribution in [2.75, 3.05) is 5.32 Å². The number of benzene rings is 2. The number of halogens is 1. The zero-order valence-corrected chi connectivity index (χ0v) is 12.4. The lowest BCUT2D eigenvalue weighted by Crippen LogP contribution is -2.29. The van der Waals surface area contributed by atoms with Gasteiger partial charge in [0, 0.05) is 11.6 Å². The van der Waals surface area contributed by atoms with Crippen LogP contribution in [0.25, 0.3) is 0 Å². The second-order valence-electron chi connectivity index (χ2n) is 6.14. The molecule has 2 aromatic rings. The third-order valence-electron chi connectivity index (χ3n) is 4.82. The van der Waals surface area contributed by atoms with Crippen LogP contribution in [-0.4, -0.2) is 11.1 Å². The number of rotatable bonds is 2. The Morgan fingerprint density at radius 3 is 2.87 bits per heavy atom. The van der Waals surface area contributed by atoms with Gasteiger partial charge in [-0.25, -0.2) is 9.18 Å². The van der Waals surface area contributed by atoms with Gasteiger partial charge >= 0.3 is 5.97 Å². The molecule has 116 valence electrons. The molecule has 0 radical (unpaired) electrons. The SMILES string of the molecule is O=C(O)c1ccc2c(c1)[C@H]1C=CC[C@@H]1[C@H](c1cccc(F)c1)N2. The number of aromatic carboxylic acids is 1. The lowest BCUT2D eigenvalue weighted by atomic mass is 9.76. The fourth-order valence-electron chi connectivity index (χ4n) is 3.76. The molecule has 0 saturated heterocycles. The molecule has 1 aliphatic heterocycles. The number of nitrogens with one attached hydrogen (secondary N) is 1. The lowest BCUT2D eigenvalue weighted by Gasteiger charge is -2.37. The molecule has 3 nitrogen and oxygen atoms in total. The van der Waals surface area contributed by atoms with Crippen LogP contribution in [0.4, 0.5) is 10.1 Å². The van der Waals surface area contributed by atoms with Crippen LogP contribution < -0.4 is 5.32 Å². The lowest BCUT2D eigenvalue weighted by molar-refractivity contribution is 0.0696. The third-order valence-corrected chi connectivity index (χ3v) is 4.82. The molecule has 1 aliphatic carbocycles. The Morgan fingerprint density at radius 1 is 1.22 bits per heavy atom. The highest BCUT2D eigenvalue weighted by molar-refractivity contribution is 5.89. The Hall–Kier alpha value is -2.62. The number of hydrogen-bond donors (Lipinski definition) is 2. The number of hydrogen-bond acceptors (Lipinski definition) is 2. The minimum atomic E-state index is -0.918. The quantitative estimate of drug-likeness (QED) is 0.811. The van der Waals surface area contributed by atoms with Crippen LogP contribution in [0.3, 0.4) is 0 Å². The van der Waals surface area contributed by atoms with Gasteiger partial charge < -0.3 is 10.4 Å². The third kappa shape index (κ3) is 2.31. The summed E-state index contributed by atoms with van der Waals surface area (Å²) in [5.41, 5.74) is 3.17. The molecular formula is C19H16FNO2. The summed E-state index contributed by atoms with van der Waals surface area (Å²) in [5.74, 6) is -0.718. The molecule has 3 atom stereocenters. The predicted molar refractivity (Wildman–Crippen MR) is 86.2 cm³/mol. The Balaban J connectivity index is 1.79. The number of carbonyl (C=O) groups is 1. The predicted octanol–water partition coefficient (Wildman–Crippen LogP) is 4.35. The zero-order chi connectivity index (χ0) is 16.0. The van der Waals surface area contributed by atoms with Crippen molar-refractivity contribution in [3.05, 3.63) is 77.1 Å². The second-order valence-corrected chi connectivity index (χ2v) is 6.14. The van der Waals surface area contributed by atoms with E-state index >= 15 is 0 Å². The molecule has 4 heteroatoms. The van der Waals surface area contributed by atoms with E-state index in [1.807, 2.05) is 12.1 Å². The highest BCUT2D eigenvalue weighted by Gasteiger charge is 2.38. The van der Waals surface area contributed by atoms with E-state index < -0.39 is 5.97 Å². The van der Waals surface area contributed by atoms with Gasteiger partial charge in [-0.2, -0.15) is 0 Å². The molecular weight excluding hydrogens is 293 g/mol. The number of anilines is 1. The molecule has 2 N–H and O–H groups in total. The maximum absolute atomic E-state index is 13.6. The normalized spacial score (nSPS) is 24.7. The maximum atomic E-state index is 13.6. The van der Waals surface area contributed by atoms with Crippen LogP contribution in [0, 0.1) is 11.7 Å². The van der Waals surface area contributed by atoms with Gasteiger partial charge in [0.15, 0.2) is 0 Å². The number of carboxylic acids is 1. The summed E-state index contributed by atoms with van der Waals surface area (Å²) in [6, 6.07) is 11.9. The van der Waals surface area contributed by atoms with Gasteiger partial charge in [0.05, 0.1) is 11.6 Å². The van der Waals surface area contributed by atoms with Crippen molar-refractivity contribution in [1.29, 1.82) is 0 Å². The smallest absolute Gasteiger partial charge is 0.335 e. The summed E-state index contributed by atoms with van der Waals surface area (Å²) in [6.45, 7) is 0. The molecule has 4 rings (SSSR count). The number of allylic oxidation sites excluding steroid dienone is 2. The van der Waals surface area contributed by atoms with Gasteiger partial charge in [-0.1, -0.05) is 24.3 Å². The Morgan fingerprint density at radius 2 is 2.09 bits per heavy atom. The average molecular weight is 309 g/mol. The van der Waals surface area contributed by atoms with Crippen molar-refractivity contribution < 1.29 is 14.3 Å². The monoisotopic (exact) mass is 309 g/mol. The Kier molecular flexibility index (Phi) is 3.18. The van der Waals surface area contributed by atoms with Crippen LogP contribution >= 0.6 is 0 Å². The van der Waals surface area contributed by atoms with E-state index in [1.165, 1.54) is 6.07 Å². The molecule has 2 aromatic carbocycles. The molecule has 0 amide bonds. The fraction of sp³-hybridized carbons (Fsp3) is 0.211. The van der Waals surface area contributed by atoms with E-state index in [-0.39, 0.29) is 23.7 Å². The fourth-order valence-corrected chi connectivity index (χ4v) is 3.76. The van der Waals surface area contributed by atoms with E-state index in [4.69, 9.17) is 0 Å².